The Morgan fingerprint density at radius 2 is 2.10 bits per heavy atom. The summed E-state index contributed by atoms with van der Waals surface area (Å²) in [5.41, 5.74) is 0.893. The number of aliphatic hydroxyl groups excluding tert-OH is 1. The van der Waals surface area contributed by atoms with Crippen molar-refractivity contribution in [3.8, 4) is 5.75 Å². The number of hydrogen-bond donors (Lipinski definition) is 1. The van der Waals surface area contributed by atoms with Crippen LogP contribution in [-0.2, 0) is 11.3 Å². The van der Waals surface area contributed by atoms with Gasteiger partial charge in [0.2, 0.25) is 0 Å². The van der Waals surface area contributed by atoms with E-state index in [9.17, 15) is 5.11 Å². The maximum absolute atomic E-state index is 9.49. The minimum atomic E-state index is 0.00311. The molecule has 3 rings (SSSR count). The number of benzene rings is 1. The maximum Gasteiger partial charge on any atom is 0.125 e. The summed E-state index contributed by atoms with van der Waals surface area (Å²) in [7, 11) is 0. The van der Waals surface area contributed by atoms with Gasteiger partial charge in [0, 0.05) is 22.9 Å². The van der Waals surface area contributed by atoms with Crippen LogP contribution in [0.4, 0.5) is 0 Å². The highest BCUT2D eigenvalue weighted by molar-refractivity contribution is 9.10. The molecule has 1 saturated carbocycles. The first kappa shape index (κ1) is 15.3. The van der Waals surface area contributed by atoms with Gasteiger partial charge in [-0.3, -0.25) is 0 Å². The molecule has 1 atom stereocenters. The van der Waals surface area contributed by atoms with Gasteiger partial charge in [-0.1, -0.05) is 35.2 Å². The molecule has 1 aromatic rings. The molecule has 3 nitrogen and oxygen atoms in total. The minimum Gasteiger partial charge on any atom is -0.490 e. The van der Waals surface area contributed by atoms with Crippen LogP contribution in [0, 0.1) is 0 Å². The minimum absolute atomic E-state index is 0.00311. The lowest BCUT2D eigenvalue weighted by atomic mass is 9.79. The summed E-state index contributed by atoms with van der Waals surface area (Å²) in [5.74, 6) is 0.804. The standard InChI is InChI=1S/C17H23BrO3/c18-14-4-5-16(13(10-14)12-19)21-15-6-9-20-17(11-15)7-2-1-3-8-17/h4-5,10,15,19H,1-3,6-9,11-12H2. The first-order chi connectivity index (χ1) is 10.2. The van der Waals surface area contributed by atoms with E-state index in [1.165, 1.54) is 32.1 Å². The lowest BCUT2D eigenvalue weighted by Gasteiger charge is -2.43. The van der Waals surface area contributed by atoms with Crippen LogP contribution >= 0.6 is 15.9 Å². The van der Waals surface area contributed by atoms with Crippen LogP contribution in [-0.4, -0.2) is 23.4 Å². The van der Waals surface area contributed by atoms with Crippen molar-refractivity contribution in [2.45, 2.75) is 63.3 Å². The molecule has 1 aromatic carbocycles. The molecule has 0 aromatic heterocycles. The normalized spacial score (nSPS) is 25.0. The Bertz CT molecular complexity index is 477. The predicted octanol–water partition coefficient (Wildman–Crippen LogP) is 4.20. The molecule has 1 aliphatic carbocycles. The molecular formula is C17H23BrO3. The highest BCUT2D eigenvalue weighted by Gasteiger charge is 2.39. The summed E-state index contributed by atoms with van der Waals surface area (Å²) in [6.07, 6.45) is 8.32. The molecule has 2 aliphatic rings. The molecule has 1 aliphatic heterocycles. The van der Waals surface area contributed by atoms with Crippen molar-refractivity contribution in [2.75, 3.05) is 6.61 Å². The first-order valence-corrected chi connectivity index (χ1v) is 8.70. The van der Waals surface area contributed by atoms with Crippen molar-refractivity contribution in [1.29, 1.82) is 0 Å². The fourth-order valence-electron chi connectivity index (χ4n) is 3.59. The monoisotopic (exact) mass is 354 g/mol. The zero-order valence-corrected chi connectivity index (χ0v) is 13.9. The van der Waals surface area contributed by atoms with Gasteiger partial charge in [-0.15, -0.1) is 0 Å². The van der Waals surface area contributed by atoms with E-state index in [2.05, 4.69) is 15.9 Å². The first-order valence-electron chi connectivity index (χ1n) is 7.91. The van der Waals surface area contributed by atoms with Gasteiger partial charge in [0.1, 0.15) is 11.9 Å². The van der Waals surface area contributed by atoms with Gasteiger partial charge < -0.3 is 14.6 Å². The van der Waals surface area contributed by atoms with E-state index in [1.54, 1.807) is 0 Å². The highest BCUT2D eigenvalue weighted by Crippen LogP contribution is 2.40. The van der Waals surface area contributed by atoms with E-state index >= 15 is 0 Å². The third-order valence-corrected chi connectivity index (χ3v) is 5.19. The van der Waals surface area contributed by atoms with Gasteiger partial charge in [-0.2, -0.15) is 0 Å². The lowest BCUT2D eigenvalue weighted by molar-refractivity contribution is -0.129. The van der Waals surface area contributed by atoms with Gasteiger partial charge in [-0.25, -0.2) is 0 Å². The Labute approximate surface area is 134 Å². The summed E-state index contributed by atoms with van der Waals surface area (Å²) >= 11 is 3.43. The second-order valence-corrected chi connectivity index (χ2v) is 7.15. The van der Waals surface area contributed by atoms with Crippen LogP contribution < -0.4 is 4.74 Å². The molecule has 0 amide bonds. The van der Waals surface area contributed by atoms with Crippen LogP contribution in [0.15, 0.2) is 22.7 Å². The molecule has 116 valence electrons. The number of rotatable bonds is 3. The number of hydrogen-bond acceptors (Lipinski definition) is 3. The Kier molecular flexibility index (Phi) is 4.87. The van der Waals surface area contributed by atoms with Crippen molar-refractivity contribution < 1.29 is 14.6 Å². The molecule has 0 radical (unpaired) electrons. The van der Waals surface area contributed by atoms with E-state index in [4.69, 9.17) is 9.47 Å². The highest BCUT2D eigenvalue weighted by atomic mass is 79.9. The summed E-state index contributed by atoms with van der Waals surface area (Å²) in [5, 5.41) is 9.49. The fourth-order valence-corrected chi connectivity index (χ4v) is 4.00. The Morgan fingerprint density at radius 1 is 1.29 bits per heavy atom. The molecule has 2 fully saturated rings. The van der Waals surface area contributed by atoms with Gasteiger partial charge in [0.05, 0.1) is 18.8 Å². The number of aliphatic hydroxyl groups is 1. The molecule has 4 heteroatoms. The predicted molar refractivity (Wildman–Crippen MR) is 85.5 cm³/mol. The van der Waals surface area contributed by atoms with Crippen LogP contribution in [0.3, 0.4) is 0 Å². The Hall–Kier alpha value is -0.580. The molecule has 21 heavy (non-hydrogen) atoms. The molecule has 1 saturated heterocycles. The average molecular weight is 355 g/mol. The third kappa shape index (κ3) is 3.61. The zero-order chi connectivity index (χ0) is 14.7. The van der Waals surface area contributed by atoms with E-state index in [0.717, 1.165) is 35.2 Å². The molecule has 1 N–H and O–H groups in total. The molecule has 1 spiro atoms. The van der Waals surface area contributed by atoms with Crippen LogP contribution in [0.5, 0.6) is 5.75 Å². The summed E-state index contributed by atoms with van der Waals surface area (Å²) in [6, 6.07) is 5.83. The average Bonchev–Trinajstić information content (AvgIpc) is 2.50. The van der Waals surface area contributed by atoms with E-state index in [-0.39, 0.29) is 18.3 Å². The zero-order valence-electron chi connectivity index (χ0n) is 12.3. The van der Waals surface area contributed by atoms with Crippen molar-refractivity contribution in [3.05, 3.63) is 28.2 Å². The molecular weight excluding hydrogens is 332 g/mol. The third-order valence-electron chi connectivity index (χ3n) is 4.70. The van der Waals surface area contributed by atoms with Crippen molar-refractivity contribution in [3.63, 3.8) is 0 Å². The molecule has 1 heterocycles. The topological polar surface area (TPSA) is 38.7 Å². The van der Waals surface area contributed by atoms with Crippen molar-refractivity contribution >= 4 is 15.9 Å². The van der Waals surface area contributed by atoms with Gasteiger partial charge in [0.15, 0.2) is 0 Å². The van der Waals surface area contributed by atoms with Gasteiger partial charge >= 0.3 is 0 Å². The Morgan fingerprint density at radius 3 is 2.86 bits per heavy atom. The van der Waals surface area contributed by atoms with Crippen LogP contribution in [0.2, 0.25) is 0 Å². The summed E-state index contributed by atoms with van der Waals surface area (Å²) in [6.45, 7) is 0.790. The van der Waals surface area contributed by atoms with E-state index in [0.29, 0.717) is 0 Å². The van der Waals surface area contributed by atoms with Crippen LogP contribution in [0.25, 0.3) is 0 Å². The lowest BCUT2D eigenvalue weighted by Crippen LogP contribution is -2.45. The van der Waals surface area contributed by atoms with E-state index in [1.807, 2.05) is 18.2 Å². The van der Waals surface area contributed by atoms with Gasteiger partial charge in [-0.05, 0) is 31.0 Å². The largest absolute Gasteiger partial charge is 0.490 e. The quantitative estimate of drug-likeness (QED) is 0.883. The van der Waals surface area contributed by atoms with E-state index < -0.39 is 0 Å². The fraction of sp³-hybridized carbons (Fsp3) is 0.647. The smallest absolute Gasteiger partial charge is 0.125 e. The maximum atomic E-state index is 9.49. The molecule has 1 unspecified atom stereocenters. The van der Waals surface area contributed by atoms with Crippen molar-refractivity contribution in [2.24, 2.45) is 0 Å². The summed E-state index contributed by atoms with van der Waals surface area (Å²) in [4.78, 5) is 0. The van der Waals surface area contributed by atoms with Gasteiger partial charge in [0.25, 0.3) is 0 Å². The second-order valence-electron chi connectivity index (χ2n) is 6.23. The molecule has 0 bridgehead atoms. The second kappa shape index (κ2) is 6.67. The SMILES string of the molecule is OCc1cc(Br)ccc1OC1CCOC2(CCCCC2)C1. The Balaban J connectivity index is 1.70. The van der Waals surface area contributed by atoms with Crippen LogP contribution in [0.1, 0.15) is 50.5 Å². The summed E-state index contributed by atoms with van der Waals surface area (Å²) < 4.78 is 13.3. The number of ether oxygens (including phenoxy) is 2. The number of halogens is 1. The van der Waals surface area contributed by atoms with Crippen molar-refractivity contribution in [1.82, 2.24) is 0 Å².